The van der Waals surface area contributed by atoms with Crippen LogP contribution in [0.5, 0.6) is 0 Å². The molecule has 0 saturated heterocycles. The van der Waals surface area contributed by atoms with Crippen molar-refractivity contribution in [3.63, 3.8) is 0 Å². The Bertz CT molecular complexity index is 395. The van der Waals surface area contributed by atoms with Gasteiger partial charge < -0.3 is 15.0 Å². The van der Waals surface area contributed by atoms with Gasteiger partial charge in [0.05, 0.1) is 18.5 Å². The number of hydrogen-bond acceptors (Lipinski definition) is 4. The van der Waals surface area contributed by atoms with Crippen LogP contribution >= 0.6 is 0 Å². The molecular weight excluding hydrogens is 262 g/mol. The lowest BCUT2D eigenvalue weighted by Gasteiger charge is -2.32. The van der Waals surface area contributed by atoms with Crippen LogP contribution in [-0.4, -0.2) is 37.8 Å². The van der Waals surface area contributed by atoms with Crippen molar-refractivity contribution in [1.29, 1.82) is 0 Å². The summed E-state index contributed by atoms with van der Waals surface area (Å²) in [5, 5.41) is 3.52. The van der Waals surface area contributed by atoms with Crippen molar-refractivity contribution in [2.45, 2.75) is 46.7 Å². The van der Waals surface area contributed by atoms with Gasteiger partial charge >= 0.3 is 0 Å². The minimum Gasteiger partial charge on any atom is -0.383 e. The highest BCUT2D eigenvalue weighted by atomic mass is 16.5. The first-order valence-electron chi connectivity index (χ1n) is 7.99. The van der Waals surface area contributed by atoms with Crippen molar-refractivity contribution in [2.75, 3.05) is 31.7 Å². The Morgan fingerprint density at radius 2 is 2.10 bits per heavy atom. The second-order valence-corrected chi connectivity index (χ2v) is 5.97. The van der Waals surface area contributed by atoms with Gasteiger partial charge in [0.15, 0.2) is 0 Å². The smallest absolute Gasteiger partial charge is 0.0637 e. The summed E-state index contributed by atoms with van der Waals surface area (Å²) in [5.74, 6) is 0.662. The SMILES string of the molecule is CCC(C)N(CCOC)c1cnccc1CNCC(C)C. The third-order valence-corrected chi connectivity index (χ3v) is 3.72. The van der Waals surface area contributed by atoms with Gasteiger partial charge in [0.1, 0.15) is 0 Å². The largest absolute Gasteiger partial charge is 0.383 e. The summed E-state index contributed by atoms with van der Waals surface area (Å²) in [6.07, 6.45) is 4.96. The molecule has 1 aromatic heterocycles. The van der Waals surface area contributed by atoms with Gasteiger partial charge in [-0.15, -0.1) is 0 Å². The fraction of sp³-hybridized carbons (Fsp3) is 0.706. The van der Waals surface area contributed by atoms with E-state index < -0.39 is 0 Å². The van der Waals surface area contributed by atoms with Crippen LogP contribution in [0.4, 0.5) is 5.69 Å². The predicted molar refractivity (Wildman–Crippen MR) is 89.8 cm³/mol. The van der Waals surface area contributed by atoms with E-state index in [0.29, 0.717) is 12.0 Å². The first-order chi connectivity index (χ1) is 10.1. The summed E-state index contributed by atoms with van der Waals surface area (Å²) < 4.78 is 5.26. The fourth-order valence-electron chi connectivity index (χ4n) is 2.31. The second-order valence-electron chi connectivity index (χ2n) is 5.97. The second kappa shape index (κ2) is 9.74. The Morgan fingerprint density at radius 3 is 2.71 bits per heavy atom. The number of aromatic nitrogens is 1. The van der Waals surface area contributed by atoms with E-state index in [1.807, 2.05) is 12.4 Å². The first-order valence-corrected chi connectivity index (χ1v) is 7.99. The van der Waals surface area contributed by atoms with E-state index in [1.165, 1.54) is 11.3 Å². The van der Waals surface area contributed by atoms with Crippen LogP contribution in [0.3, 0.4) is 0 Å². The molecule has 4 heteroatoms. The normalized spacial score (nSPS) is 12.7. The standard InChI is InChI=1S/C17H31N3O/c1-6-15(4)20(9-10-21-5)17-13-18-8-7-16(17)12-19-11-14(2)3/h7-8,13-15,19H,6,9-12H2,1-5H3. The van der Waals surface area contributed by atoms with Gasteiger partial charge in [0.25, 0.3) is 0 Å². The highest BCUT2D eigenvalue weighted by Crippen LogP contribution is 2.22. The molecule has 0 saturated carbocycles. The molecule has 0 bridgehead atoms. The Balaban J connectivity index is 2.85. The third kappa shape index (κ3) is 6.02. The maximum absolute atomic E-state index is 5.26. The molecule has 0 spiro atoms. The zero-order valence-electron chi connectivity index (χ0n) is 14.2. The van der Waals surface area contributed by atoms with Gasteiger partial charge in [-0.25, -0.2) is 0 Å². The van der Waals surface area contributed by atoms with Crippen molar-refractivity contribution in [1.82, 2.24) is 10.3 Å². The summed E-state index contributed by atoms with van der Waals surface area (Å²) in [7, 11) is 1.75. The Morgan fingerprint density at radius 1 is 1.33 bits per heavy atom. The molecule has 1 heterocycles. The molecule has 0 aliphatic heterocycles. The number of ether oxygens (including phenoxy) is 1. The molecule has 0 aliphatic rings. The number of rotatable bonds is 10. The molecule has 1 rings (SSSR count). The molecule has 0 fully saturated rings. The van der Waals surface area contributed by atoms with E-state index in [1.54, 1.807) is 7.11 Å². The molecule has 0 aromatic carbocycles. The summed E-state index contributed by atoms with van der Waals surface area (Å²) in [5.41, 5.74) is 2.53. The molecule has 0 aliphatic carbocycles. The number of methoxy groups -OCH3 is 1. The zero-order valence-corrected chi connectivity index (χ0v) is 14.2. The lowest BCUT2D eigenvalue weighted by atomic mass is 10.1. The molecule has 21 heavy (non-hydrogen) atoms. The van der Waals surface area contributed by atoms with Gasteiger partial charge in [0.2, 0.25) is 0 Å². The predicted octanol–water partition coefficient (Wildman–Crippen LogP) is 3.08. The molecule has 1 N–H and O–H groups in total. The molecule has 0 amide bonds. The van der Waals surface area contributed by atoms with Crippen LogP contribution in [0.15, 0.2) is 18.5 Å². The van der Waals surface area contributed by atoms with E-state index in [2.05, 4.69) is 49.0 Å². The number of nitrogens with one attached hydrogen (secondary N) is 1. The van der Waals surface area contributed by atoms with Gasteiger partial charge in [-0.05, 0) is 37.4 Å². The van der Waals surface area contributed by atoms with Crippen molar-refractivity contribution in [2.24, 2.45) is 5.92 Å². The number of hydrogen-bond donors (Lipinski definition) is 1. The highest BCUT2D eigenvalue weighted by Gasteiger charge is 2.16. The lowest BCUT2D eigenvalue weighted by Crippen LogP contribution is -2.36. The molecular formula is C17H31N3O. The van der Waals surface area contributed by atoms with Gasteiger partial charge in [-0.3, -0.25) is 4.98 Å². The molecule has 4 nitrogen and oxygen atoms in total. The number of nitrogens with zero attached hydrogens (tertiary/aromatic N) is 2. The number of pyridine rings is 1. The van der Waals surface area contributed by atoms with Crippen LogP contribution in [0.25, 0.3) is 0 Å². The quantitative estimate of drug-likeness (QED) is 0.719. The Kier molecular flexibility index (Phi) is 8.31. The van der Waals surface area contributed by atoms with Crippen molar-refractivity contribution >= 4 is 5.69 Å². The van der Waals surface area contributed by atoms with Crippen LogP contribution in [-0.2, 0) is 11.3 Å². The molecule has 1 atom stereocenters. The third-order valence-electron chi connectivity index (χ3n) is 3.72. The van der Waals surface area contributed by atoms with E-state index in [0.717, 1.165) is 32.7 Å². The summed E-state index contributed by atoms with van der Waals surface area (Å²) >= 11 is 0. The van der Waals surface area contributed by atoms with Crippen molar-refractivity contribution < 1.29 is 4.74 Å². The Labute approximate surface area is 129 Å². The van der Waals surface area contributed by atoms with Crippen molar-refractivity contribution in [3.8, 4) is 0 Å². The summed E-state index contributed by atoms with van der Waals surface area (Å²) in [6, 6.07) is 2.60. The van der Waals surface area contributed by atoms with Gasteiger partial charge in [-0.1, -0.05) is 20.8 Å². The fourth-order valence-corrected chi connectivity index (χ4v) is 2.31. The monoisotopic (exact) mass is 293 g/mol. The highest BCUT2D eigenvalue weighted by molar-refractivity contribution is 5.52. The molecule has 1 aromatic rings. The van der Waals surface area contributed by atoms with E-state index in [9.17, 15) is 0 Å². The van der Waals surface area contributed by atoms with E-state index in [-0.39, 0.29) is 0 Å². The maximum atomic E-state index is 5.26. The van der Waals surface area contributed by atoms with Gasteiger partial charge in [0, 0.05) is 32.4 Å². The van der Waals surface area contributed by atoms with E-state index in [4.69, 9.17) is 4.74 Å². The van der Waals surface area contributed by atoms with Gasteiger partial charge in [-0.2, -0.15) is 0 Å². The maximum Gasteiger partial charge on any atom is 0.0637 e. The minimum absolute atomic E-state index is 0.480. The average Bonchev–Trinajstić information content (AvgIpc) is 2.48. The number of anilines is 1. The summed E-state index contributed by atoms with van der Waals surface area (Å²) in [6.45, 7) is 12.5. The van der Waals surface area contributed by atoms with Crippen LogP contribution in [0.1, 0.15) is 39.7 Å². The average molecular weight is 293 g/mol. The molecule has 0 radical (unpaired) electrons. The molecule has 1 unspecified atom stereocenters. The summed E-state index contributed by atoms with van der Waals surface area (Å²) in [4.78, 5) is 6.73. The topological polar surface area (TPSA) is 37.4 Å². The molecule has 120 valence electrons. The van der Waals surface area contributed by atoms with Crippen LogP contribution in [0, 0.1) is 5.92 Å². The Hall–Kier alpha value is -1.13. The first kappa shape index (κ1) is 17.9. The van der Waals surface area contributed by atoms with Crippen LogP contribution < -0.4 is 10.2 Å². The zero-order chi connectivity index (χ0) is 15.7. The van der Waals surface area contributed by atoms with E-state index >= 15 is 0 Å². The van der Waals surface area contributed by atoms with Crippen molar-refractivity contribution in [3.05, 3.63) is 24.0 Å². The minimum atomic E-state index is 0.480. The lowest BCUT2D eigenvalue weighted by molar-refractivity contribution is 0.203. The van der Waals surface area contributed by atoms with Crippen LogP contribution in [0.2, 0.25) is 0 Å².